The molecule has 0 aliphatic carbocycles. The van der Waals surface area contributed by atoms with Gasteiger partial charge in [0.05, 0.1) is 21.4 Å². The van der Waals surface area contributed by atoms with Crippen LogP contribution in [0.5, 0.6) is 0 Å². The lowest BCUT2D eigenvalue weighted by molar-refractivity contribution is 0.102. The van der Waals surface area contributed by atoms with E-state index in [1.807, 2.05) is 29.6 Å². The van der Waals surface area contributed by atoms with Crippen molar-refractivity contribution in [3.05, 3.63) is 58.9 Å². The van der Waals surface area contributed by atoms with Gasteiger partial charge in [0.15, 0.2) is 5.13 Å². The quantitative estimate of drug-likeness (QED) is 0.480. The maximum atomic E-state index is 12.4. The maximum absolute atomic E-state index is 12.4. The van der Waals surface area contributed by atoms with Crippen LogP contribution in [0, 0.1) is 0 Å². The first-order chi connectivity index (χ1) is 12.2. The maximum Gasteiger partial charge on any atom is 0.257 e. The Morgan fingerprint density at radius 1 is 1.12 bits per heavy atom. The molecule has 4 aromatic rings. The number of carbonyl (C=O) groups excluding carboxylic acids is 1. The zero-order chi connectivity index (χ0) is 17.2. The van der Waals surface area contributed by atoms with Crippen molar-refractivity contribution < 1.29 is 4.79 Å². The molecule has 2 aromatic carbocycles. The van der Waals surface area contributed by atoms with Gasteiger partial charge >= 0.3 is 0 Å². The predicted molar refractivity (Wildman–Crippen MR) is 107 cm³/mol. The predicted octanol–water partition coefficient (Wildman–Crippen LogP) is 5.39. The number of thiazole rings is 2. The van der Waals surface area contributed by atoms with Crippen LogP contribution in [0.2, 0.25) is 0 Å². The van der Waals surface area contributed by atoms with E-state index < -0.39 is 0 Å². The molecule has 0 aliphatic rings. The molecule has 0 atom stereocenters. The van der Waals surface area contributed by atoms with Gasteiger partial charge in [0.2, 0.25) is 0 Å². The van der Waals surface area contributed by atoms with Gasteiger partial charge < -0.3 is 0 Å². The Bertz CT molecular complexity index is 1040. The molecule has 124 valence electrons. The van der Waals surface area contributed by atoms with Crippen LogP contribution in [-0.4, -0.2) is 22.1 Å². The number of carbonyl (C=O) groups is 1. The molecule has 0 fully saturated rings. The molecule has 0 spiro atoms. The van der Waals surface area contributed by atoms with Gasteiger partial charge in [-0.2, -0.15) is 0 Å². The first-order valence-corrected chi connectivity index (χ1v) is 10.5. The molecule has 0 saturated carbocycles. The Labute approximate surface area is 157 Å². The number of hydrogen-bond acceptors (Lipinski definition) is 6. The topological polar surface area (TPSA) is 54.9 Å². The van der Waals surface area contributed by atoms with Crippen molar-refractivity contribution in [2.75, 3.05) is 11.6 Å². The molecule has 0 radical (unpaired) electrons. The highest BCUT2D eigenvalue weighted by Gasteiger charge is 2.11. The van der Waals surface area contributed by atoms with E-state index in [9.17, 15) is 4.79 Å². The van der Waals surface area contributed by atoms with E-state index in [2.05, 4.69) is 33.7 Å². The number of anilines is 1. The van der Waals surface area contributed by atoms with Gasteiger partial charge in [-0.3, -0.25) is 10.1 Å². The van der Waals surface area contributed by atoms with Crippen LogP contribution in [-0.2, 0) is 0 Å². The number of nitrogens with one attached hydrogen (secondary N) is 1. The lowest BCUT2D eigenvalue weighted by Crippen LogP contribution is -2.11. The highest BCUT2D eigenvalue weighted by molar-refractivity contribution is 7.98. The van der Waals surface area contributed by atoms with E-state index in [0.717, 1.165) is 21.5 Å². The SMILES string of the molecule is CSc1ccc(-c2csc(NC(=O)c3ccc4ncsc4c3)n2)cc1. The van der Waals surface area contributed by atoms with Gasteiger partial charge in [-0.1, -0.05) is 12.1 Å². The summed E-state index contributed by atoms with van der Waals surface area (Å²) in [6.07, 6.45) is 2.05. The van der Waals surface area contributed by atoms with Crippen LogP contribution in [0.3, 0.4) is 0 Å². The summed E-state index contributed by atoms with van der Waals surface area (Å²) in [6.45, 7) is 0. The molecular formula is C18H13N3OS3. The van der Waals surface area contributed by atoms with Gasteiger partial charge in [-0.25, -0.2) is 9.97 Å². The zero-order valence-corrected chi connectivity index (χ0v) is 15.7. The molecule has 1 N–H and O–H groups in total. The van der Waals surface area contributed by atoms with E-state index >= 15 is 0 Å². The van der Waals surface area contributed by atoms with Crippen molar-refractivity contribution in [2.45, 2.75) is 4.90 Å². The van der Waals surface area contributed by atoms with E-state index in [0.29, 0.717) is 10.7 Å². The minimum Gasteiger partial charge on any atom is -0.298 e. The Morgan fingerprint density at radius 3 is 2.76 bits per heavy atom. The molecule has 0 saturated heterocycles. The van der Waals surface area contributed by atoms with Gasteiger partial charge in [-0.15, -0.1) is 34.4 Å². The number of amides is 1. The van der Waals surface area contributed by atoms with Crippen molar-refractivity contribution in [3.63, 3.8) is 0 Å². The summed E-state index contributed by atoms with van der Waals surface area (Å²) in [5.74, 6) is -0.158. The van der Waals surface area contributed by atoms with Crippen LogP contribution in [0.1, 0.15) is 10.4 Å². The third kappa shape index (κ3) is 3.44. The lowest BCUT2D eigenvalue weighted by Gasteiger charge is -2.02. The molecule has 0 unspecified atom stereocenters. The summed E-state index contributed by atoms with van der Waals surface area (Å²) in [5, 5.41) is 5.43. The van der Waals surface area contributed by atoms with Gasteiger partial charge in [0, 0.05) is 21.4 Å². The molecular weight excluding hydrogens is 370 g/mol. The minimum atomic E-state index is -0.158. The van der Waals surface area contributed by atoms with Crippen LogP contribution in [0.4, 0.5) is 5.13 Å². The first-order valence-electron chi connectivity index (χ1n) is 7.47. The van der Waals surface area contributed by atoms with Crippen LogP contribution >= 0.6 is 34.4 Å². The standard InChI is InChI=1S/C18H13N3OS3/c1-23-13-5-2-11(3-6-13)15-9-24-18(20-15)21-17(22)12-4-7-14-16(8-12)25-10-19-14/h2-10H,1H3,(H,20,21,22). The zero-order valence-electron chi connectivity index (χ0n) is 13.2. The highest BCUT2D eigenvalue weighted by atomic mass is 32.2. The van der Waals surface area contributed by atoms with Crippen molar-refractivity contribution in [2.24, 2.45) is 0 Å². The lowest BCUT2D eigenvalue weighted by atomic mass is 10.2. The molecule has 4 rings (SSSR count). The van der Waals surface area contributed by atoms with Crippen LogP contribution < -0.4 is 5.32 Å². The fourth-order valence-electron chi connectivity index (χ4n) is 2.39. The van der Waals surface area contributed by atoms with E-state index in [4.69, 9.17) is 0 Å². The first kappa shape index (κ1) is 16.3. The molecule has 2 heterocycles. The number of fused-ring (bicyclic) bond motifs is 1. The molecule has 2 aromatic heterocycles. The van der Waals surface area contributed by atoms with E-state index in [-0.39, 0.29) is 5.91 Å². The Kier molecular flexibility index (Phi) is 4.52. The van der Waals surface area contributed by atoms with Gasteiger partial charge in [-0.05, 0) is 36.6 Å². The molecule has 0 aliphatic heterocycles. The van der Waals surface area contributed by atoms with Crippen molar-refractivity contribution in [3.8, 4) is 11.3 Å². The van der Waals surface area contributed by atoms with Crippen LogP contribution in [0.15, 0.2) is 58.3 Å². The monoisotopic (exact) mass is 383 g/mol. The van der Waals surface area contributed by atoms with Gasteiger partial charge in [0.1, 0.15) is 0 Å². The molecule has 1 amide bonds. The molecule has 4 nitrogen and oxygen atoms in total. The molecule has 7 heteroatoms. The normalized spacial score (nSPS) is 10.9. The summed E-state index contributed by atoms with van der Waals surface area (Å²) < 4.78 is 1.00. The Balaban J connectivity index is 1.52. The summed E-state index contributed by atoms with van der Waals surface area (Å²) in [7, 11) is 0. The van der Waals surface area contributed by atoms with Gasteiger partial charge in [0.25, 0.3) is 5.91 Å². The van der Waals surface area contributed by atoms with Crippen molar-refractivity contribution in [1.82, 2.24) is 9.97 Å². The summed E-state index contributed by atoms with van der Waals surface area (Å²) in [6, 6.07) is 13.7. The number of benzene rings is 2. The average molecular weight is 384 g/mol. The molecule has 0 bridgehead atoms. The van der Waals surface area contributed by atoms with E-state index in [1.54, 1.807) is 23.3 Å². The summed E-state index contributed by atoms with van der Waals surface area (Å²) >= 11 is 4.66. The number of aromatic nitrogens is 2. The second kappa shape index (κ2) is 6.95. The molecule has 25 heavy (non-hydrogen) atoms. The van der Waals surface area contributed by atoms with E-state index in [1.165, 1.54) is 27.6 Å². The number of rotatable bonds is 4. The summed E-state index contributed by atoms with van der Waals surface area (Å²) in [4.78, 5) is 22.4. The second-order valence-electron chi connectivity index (χ2n) is 5.26. The highest BCUT2D eigenvalue weighted by Crippen LogP contribution is 2.27. The minimum absolute atomic E-state index is 0.158. The largest absolute Gasteiger partial charge is 0.298 e. The van der Waals surface area contributed by atoms with Crippen molar-refractivity contribution >= 4 is 55.7 Å². The Morgan fingerprint density at radius 2 is 1.96 bits per heavy atom. The smallest absolute Gasteiger partial charge is 0.257 e. The average Bonchev–Trinajstić information content (AvgIpc) is 3.30. The van der Waals surface area contributed by atoms with Crippen LogP contribution in [0.25, 0.3) is 21.5 Å². The fourth-order valence-corrected chi connectivity index (χ4v) is 4.23. The van der Waals surface area contributed by atoms with Crippen molar-refractivity contribution in [1.29, 1.82) is 0 Å². The second-order valence-corrected chi connectivity index (χ2v) is 7.88. The third-order valence-electron chi connectivity index (χ3n) is 3.70. The fraction of sp³-hybridized carbons (Fsp3) is 0.0556. The number of hydrogen-bond donors (Lipinski definition) is 1. The Hall–Kier alpha value is -2.22. The summed E-state index contributed by atoms with van der Waals surface area (Å²) in [5.41, 5.74) is 5.21. The number of thioether (sulfide) groups is 1. The third-order valence-corrected chi connectivity index (χ3v) is 6.00. The number of nitrogens with zero attached hydrogens (tertiary/aromatic N) is 2.